The Balaban J connectivity index is 2.45. The number of hydrogen-bond donors (Lipinski definition) is 2. The molecule has 0 spiro atoms. The van der Waals surface area contributed by atoms with E-state index < -0.39 is 12.1 Å². The number of aromatic nitrogens is 1. The first kappa shape index (κ1) is 17.1. The van der Waals surface area contributed by atoms with Crippen LogP contribution in [0.1, 0.15) is 12.5 Å². The number of ether oxygens (including phenoxy) is 1. The second-order valence-electron chi connectivity index (χ2n) is 4.69. The third-order valence-corrected chi connectivity index (χ3v) is 2.83. The Morgan fingerprint density at radius 3 is 2.46 bits per heavy atom. The summed E-state index contributed by atoms with van der Waals surface area (Å²) in [4.78, 5) is 15.2. The average molecular weight is 336 g/mol. The van der Waals surface area contributed by atoms with Crippen molar-refractivity contribution in [2.45, 2.75) is 13.3 Å². The molecule has 2 rings (SSSR count). The number of halogens is 3. The van der Waals surface area contributed by atoms with Gasteiger partial charge in [-0.05, 0) is 24.3 Å². The van der Waals surface area contributed by atoms with Crippen LogP contribution in [0.15, 0.2) is 30.3 Å². The molecule has 0 unspecified atom stereocenters. The predicted molar refractivity (Wildman–Crippen MR) is 79.8 cm³/mol. The van der Waals surface area contributed by atoms with Gasteiger partial charge in [0.15, 0.2) is 0 Å². The fraction of sp³-hybridized carbons (Fsp3) is 0.133. The zero-order valence-electron chi connectivity index (χ0n) is 12.3. The fourth-order valence-corrected chi connectivity index (χ4v) is 1.95. The fourth-order valence-electron chi connectivity index (χ4n) is 1.95. The van der Waals surface area contributed by atoms with Crippen LogP contribution in [0.25, 0.3) is 11.3 Å². The Kier molecular flexibility index (Phi) is 4.59. The molecule has 3 N–H and O–H groups in total. The van der Waals surface area contributed by atoms with Gasteiger partial charge in [-0.3, -0.25) is 4.79 Å². The molecular weight excluding hydrogens is 325 g/mol. The van der Waals surface area contributed by atoms with Gasteiger partial charge >= 0.3 is 6.36 Å². The number of nitrogens with one attached hydrogen (secondary N) is 1. The molecule has 6 nitrogen and oxygen atoms in total. The molecule has 124 valence electrons. The van der Waals surface area contributed by atoms with Crippen LogP contribution in [0.4, 0.5) is 24.7 Å². The highest BCUT2D eigenvalue weighted by atomic mass is 19.4. The second kappa shape index (κ2) is 6.45. The van der Waals surface area contributed by atoms with Gasteiger partial charge < -0.3 is 15.8 Å². The highest BCUT2D eigenvalue weighted by Gasteiger charge is 2.31. The highest BCUT2D eigenvalue weighted by Crippen LogP contribution is 2.30. The lowest BCUT2D eigenvalue weighted by molar-refractivity contribution is -0.274. The molecule has 0 saturated heterocycles. The van der Waals surface area contributed by atoms with Gasteiger partial charge in [-0.15, -0.1) is 13.2 Å². The van der Waals surface area contributed by atoms with Crippen LogP contribution >= 0.6 is 0 Å². The van der Waals surface area contributed by atoms with E-state index in [1.54, 1.807) is 0 Å². The molecule has 2 aromatic rings. The van der Waals surface area contributed by atoms with Gasteiger partial charge in [0.05, 0.1) is 11.4 Å². The molecule has 0 aliphatic rings. The molecule has 1 heterocycles. The van der Waals surface area contributed by atoms with Crippen LogP contribution < -0.4 is 15.8 Å². The SMILES string of the molecule is CC(=O)Nc1cc(N)c(C#N)c(-c2ccc(OC(F)(F)F)cc2)n1. The smallest absolute Gasteiger partial charge is 0.406 e. The maximum atomic E-state index is 12.2. The van der Waals surface area contributed by atoms with Crippen LogP contribution in [0, 0.1) is 11.3 Å². The number of carbonyl (C=O) groups excluding carboxylic acids is 1. The monoisotopic (exact) mass is 336 g/mol. The maximum Gasteiger partial charge on any atom is 0.573 e. The first-order valence-corrected chi connectivity index (χ1v) is 6.54. The van der Waals surface area contributed by atoms with E-state index in [9.17, 15) is 23.2 Å². The number of rotatable bonds is 3. The van der Waals surface area contributed by atoms with E-state index in [0.717, 1.165) is 12.1 Å². The van der Waals surface area contributed by atoms with Crippen molar-refractivity contribution in [1.29, 1.82) is 5.26 Å². The standard InChI is InChI=1S/C15H11F3N4O2/c1-8(23)21-13-6-12(20)11(7-19)14(22-13)9-2-4-10(5-3-9)24-15(16,17)18/h2-6H,1H3,(H3,20,21,22,23). The Morgan fingerprint density at radius 2 is 1.96 bits per heavy atom. The summed E-state index contributed by atoms with van der Waals surface area (Å²) in [5.74, 6) is -0.660. The van der Waals surface area contributed by atoms with Crippen LogP contribution in [0.2, 0.25) is 0 Å². The molecule has 0 atom stereocenters. The summed E-state index contributed by atoms with van der Waals surface area (Å²) in [5.41, 5.74) is 6.39. The lowest BCUT2D eigenvalue weighted by atomic mass is 10.0. The summed E-state index contributed by atoms with van der Waals surface area (Å²) in [6.07, 6.45) is -4.80. The van der Waals surface area contributed by atoms with Gasteiger partial charge in [0.2, 0.25) is 5.91 Å². The molecule has 0 bridgehead atoms. The number of nitrogens with zero attached hydrogens (tertiary/aromatic N) is 2. The topological polar surface area (TPSA) is 101 Å². The first-order valence-electron chi connectivity index (χ1n) is 6.54. The van der Waals surface area contributed by atoms with Crippen LogP contribution in [-0.2, 0) is 4.79 Å². The number of amides is 1. The third kappa shape index (κ3) is 4.13. The maximum absolute atomic E-state index is 12.2. The van der Waals surface area contributed by atoms with Gasteiger partial charge in [-0.25, -0.2) is 4.98 Å². The number of carbonyl (C=O) groups is 1. The van der Waals surface area contributed by atoms with E-state index in [1.165, 1.54) is 25.1 Å². The summed E-state index contributed by atoms with van der Waals surface area (Å²) in [5, 5.41) is 11.6. The van der Waals surface area contributed by atoms with Gasteiger partial charge in [0.1, 0.15) is 23.2 Å². The second-order valence-corrected chi connectivity index (χ2v) is 4.69. The first-order chi connectivity index (χ1) is 11.2. The lowest BCUT2D eigenvalue weighted by Gasteiger charge is -2.11. The van der Waals surface area contributed by atoms with Crippen molar-refractivity contribution in [3.8, 4) is 23.1 Å². The molecule has 1 aromatic heterocycles. The normalized spacial score (nSPS) is 10.8. The summed E-state index contributed by atoms with van der Waals surface area (Å²) < 4.78 is 40.3. The summed E-state index contributed by atoms with van der Waals surface area (Å²) >= 11 is 0. The van der Waals surface area contributed by atoms with Crippen molar-refractivity contribution in [3.05, 3.63) is 35.9 Å². The average Bonchev–Trinajstić information content (AvgIpc) is 2.45. The van der Waals surface area contributed by atoms with Crippen LogP contribution in [-0.4, -0.2) is 17.3 Å². The van der Waals surface area contributed by atoms with E-state index in [4.69, 9.17) is 5.73 Å². The largest absolute Gasteiger partial charge is 0.573 e. The quantitative estimate of drug-likeness (QED) is 0.897. The number of pyridine rings is 1. The molecule has 0 saturated carbocycles. The zero-order chi connectivity index (χ0) is 17.9. The molecule has 1 amide bonds. The van der Waals surface area contributed by atoms with Crippen molar-refractivity contribution in [1.82, 2.24) is 4.98 Å². The number of benzene rings is 1. The Morgan fingerprint density at radius 1 is 1.33 bits per heavy atom. The van der Waals surface area contributed by atoms with E-state index in [-0.39, 0.29) is 28.7 Å². The minimum absolute atomic E-state index is 0.0496. The highest BCUT2D eigenvalue weighted by molar-refractivity contribution is 5.89. The number of alkyl halides is 3. The summed E-state index contributed by atoms with van der Waals surface area (Å²) in [6, 6.07) is 8.00. The van der Waals surface area contributed by atoms with Gasteiger partial charge in [0, 0.05) is 18.6 Å². The number of anilines is 2. The molecule has 24 heavy (non-hydrogen) atoms. The van der Waals surface area contributed by atoms with E-state index in [0.29, 0.717) is 5.56 Å². The molecule has 1 aromatic carbocycles. The summed E-state index contributed by atoms with van der Waals surface area (Å²) in [7, 11) is 0. The van der Waals surface area contributed by atoms with Crippen molar-refractivity contribution in [2.24, 2.45) is 0 Å². The van der Waals surface area contributed by atoms with Crippen molar-refractivity contribution >= 4 is 17.4 Å². The number of nitrogens with two attached hydrogens (primary N) is 1. The van der Waals surface area contributed by atoms with Gasteiger partial charge in [-0.2, -0.15) is 5.26 Å². The van der Waals surface area contributed by atoms with E-state index >= 15 is 0 Å². The lowest BCUT2D eigenvalue weighted by Crippen LogP contribution is -2.16. The predicted octanol–water partition coefficient (Wildman–Crippen LogP) is 3.06. The molecule has 0 radical (unpaired) electrons. The molecular formula is C15H11F3N4O2. The van der Waals surface area contributed by atoms with E-state index in [2.05, 4.69) is 15.0 Å². The van der Waals surface area contributed by atoms with Gasteiger partial charge in [0.25, 0.3) is 0 Å². The van der Waals surface area contributed by atoms with Crippen molar-refractivity contribution < 1.29 is 22.7 Å². The Labute approximate surface area is 134 Å². The van der Waals surface area contributed by atoms with E-state index in [1.807, 2.05) is 6.07 Å². The Bertz CT molecular complexity index is 811. The minimum atomic E-state index is -4.80. The molecule has 9 heteroatoms. The molecule has 0 aliphatic heterocycles. The van der Waals surface area contributed by atoms with Crippen LogP contribution in [0.3, 0.4) is 0 Å². The summed E-state index contributed by atoms with van der Waals surface area (Å²) in [6.45, 7) is 1.28. The zero-order valence-corrected chi connectivity index (χ0v) is 12.3. The Hall–Kier alpha value is -3.28. The number of hydrogen-bond acceptors (Lipinski definition) is 5. The van der Waals surface area contributed by atoms with Gasteiger partial charge in [-0.1, -0.05) is 0 Å². The van der Waals surface area contributed by atoms with Crippen molar-refractivity contribution in [3.63, 3.8) is 0 Å². The molecule has 0 aliphatic carbocycles. The third-order valence-electron chi connectivity index (χ3n) is 2.83. The number of nitriles is 1. The van der Waals surface area contributed by atoms with Crippen LogP contribution in [0.5, 0.6) is 5.75 Å². The molecule has 0 fully saturated rings. The number of nitrogen functional groups attached to an aromatic ring is 1. The van der Waals surface area contributed by atoms with Crippen molar-refractivity contribution in [2.75, 3.05) is 11.1 Å². The minimum Gasteiger partial charge on any atom is -0.406 e.